The van der Waals surface area contributed by atoms with E-state index in [2.05, 4.69) is 15.0 Å². The third-order valence-corrected chi connectivity index (χ3v) is 6.31. The molecule has 0 radical (unpaired) electrons. The van der Waals surface area contributed by atoms with Crippen LogP contribution in [0.5, 0.6) is 0 Å². The average Bonchev–Trinajstić information content (AvgIpc) is 3.20. The number of ether oxygens (including phenoxy) is 1. The number of nitrogens with zero attached hydrogens (tertiary/aromatic N) is 5. The number of piperazine rings is 1. The number of aromatic nitrogens is 3. The molecule has 1 amide bonds. The molecule has 1 saturated heterocycles. The molecule has 1 fully saturated rings. The summed E-state index contributed by atoms with van der Waals surface area (Å²) in [4.78, 5) is 42.0. The third kappa shape index (κ3) is 5.00. The highest BCUT2D eigenvalue weighted by Gasteiger charge is 2.24. The second-order valence-electron chi connectivity index (χ2n) is 6.93. The molecule has 0 aliphatic carbocycles. The van der Waals surface area contributed by atoms with Gasteiger partial charge in [-0.05, 0) is 25.1 Å². The van der Waals surface area contributed by atoms with Crippen molar-refractivity contribution in [2.24, 2.45) is 0 Å². The van der Waals surface area contributed by atoms with Gasteiger partial charge in [0.25, 0.3) is 5.91 Å². The zero-order chi connectivity index (χ0) is 21.8. The highest BCUT2D eigenvalue weighted by molar-refractivity contribution is 7.17. The van der Waals surface area contributed by atoms with Crippen molar-refractivity contribution in [2.45, 2.75) is 6.92 Å². The van der Waals surface area contributed by atoms with Gasteiger partial charge in [0.05, 0.1) is 5.69 Å². The lowest BCUT2D eigenvalue weighted by Gasteiger charge is -2.34. The zero-order valence-corrected chi connectivity index (χ0v) is 18.4. The molecule has 0 saturated carbocycles. The molecule has 8 nitrogen and oxygen atoms in total. The summed E-state index contributed by atoms with van der Waals surface area (Å²) in [5, 5.41) is 1.33. The Bertz CT molecular complexity index is 1070. The van der Waals surface area contributed by atoms with E-state index in [1.54, 1.807) is 42.4 Å². The standard InChI is InChI=1S/C21H20ClN5O3S/c1-14-18(31-19(25-14)15-3-5-16(22)6-4-15)20(29)30-13-17(28)26-9-11-27(12-10-26)21-23-7-2-8-24-21/h2-8H,9-13H2,1H3. The van der Waals surface area contributed by atoms with E-state index >= 15 is 0 Å². The molecule has 0 spiro atoms. The Hall–Kier alpha value is -3.04. The van der Waals surface area contributed by atoms with E-state index in [4.69, 9.17) is 16.3 Å². The fourth-order valence-corrected chi connectivity index (χ4v) is 4.29. The lowest BCUT2D eigenvalue weighted by Crippen LogP contribution is -2.50. The summed E-state index contributed by atoms with van der Waals surface area (Å²) in [7, 11) is 0. The maximum atomic E-state index is 12.5. The van der Waals surface area contributed by atoms with E-state index in [9.17, 15) is 9.59 Å². The average molecular weight is 458 g/mol. The molecule has 0 atom stereocenters. The summed E-state index contributed by atoms with van der Waals surface area (Å²) in [5.74, 6) is -0.111. The first-order valence-corrected chi connectivity index (χ1v) is 10.9. The van der Waals surface area contributed by atoms with Gasteiger partial charge in [-0.25, -0.2) is 19.7 Å². The molecule has 1 aliphatic heterocycles. The Morgan fingerprint density at radius 1 is 1.10 bits per heavy atom. The van der Waals surface area contributed by atoms with Crippen molar-refractivity contribution in [3.8, 4) is 10.6 Å². The molecular weight excluding hydrogens is 438 g/mol. The van der Waals surface area contributed by atoms with Gasteiger partial charge in [-0.15, -0.1) is 11.3 Å². The number of halogens is 1. The highest BCUT2D eigenvalue weighted by atomic mass is 35.5. The van der Waals surface area contributed by atoms with Gasteiger partial charge in [-0.1, -0.05) is 23.7 Å². The van der Waals surface area contributed by atoms with Crippen molar-refractivity contribution in [3.05, 3.63) is 58.3 Å². The van der Waals surface area contributed by atoms with E-state index < -0.39 is 5.97 Å². The second-order valence-corrected chi connectivity index (χ2v) is 8.37. The number of anilines is 1. The SMILES string of the molecule is Cc1nc(-c2ccc(Cl)cc2)sc1C(=O)OCC(=O)N1CCN(c2ncccn2)CC1. The summed E-state index contributed by atoms with van der Waals surface area (Å²) in [6.07, 6.45) is 3.39. The molecule has 4 rings (SSSR count). The maximum Gasteiger partial charge on any atom is 0.350 e. The summed E-state index contributed by atoms with van der Waals surface area (Å²) in [6.45, 7) is 3.75. The van der Waals surface area contributed by atoms with Crippen LogP contribution in [0.4, 0.5) is 5.95 Å². The maximum absolute atomic E-state index is 12.5. The zero-order valence-electron chi connectivity index (χ0n) is 16.8. The Morgan fingerprint density at radius 3 is 2.45 bits per heavy atom. The fourth-order valence-electron chi connectivity index (χ4n) is 3.20. The minimum absolute atomic E-state index is 0.220. The van der Waals surface area contributed by atoms with Crippen LogP contribution in [-0.2, 0) is 9.53 Å². The molecule has 3 heterocycles. The fraction of sp³-hybridized carbons (Fsp3) is 0.286. The van der Waals surface area contributed by atoms with Crippen molar-refractivity contribution in [1.29, 1.82) is 0 Å². The smallest absolute Gasteiger partial charge is 0.350 e. The number of thiazole rings is 1. The Balaban J connectivity index is 1.31. The third-order valence-electron chi connectivity index (χ3n) is 4.87. The van der Waals surface area contributed by atoms with Gasteiger partial charge in [-0.3, -0.25) is 4.79 Å². The number of rotatable bonds is 5. The summed E-state index contributed by atoms with van der Waals surface area (Å²) in [5.41, 5.74) is 1.44. The van der Waals surface area contributed by atoms with E-state index in [-0.39, 0.29) is 12.5 Å². The lowest BCUT2D eigenvalue weighted by atomic mass is 10.2. The van der Waals surface area contributed by atoms with Crippen LogP contribution < -0.4 is 4.90 Å². The van der Waals surface area contributed by atoms with Gasteiger partial charge < -0.3 is 14.5 Å². The van der Waals surface area contributed by atoms with E-state index in [1.165, 1.54) is 11.3 Å². The lowest BCUT2D eigenvalue weighted by molar-refractivity contribution is -0.134. The van der Waals surface area contributed by atoms with Crippen LogP contribution in [0.15, 0.2) is 42.7 Å². The van der Waals surface area contributed by atoms with Crippen molar-refractivity contribution in [2.75, 3.05) is 37.7 Å². The molecule has 0 bridgehead atoms. The van der Waals surface area contributed by atoms with Gasteiger partial charge in [0.1, 0.15) is 9.88 Å². The van der Waals surface area contributed by atoms with Gasteiger partial charge in [0.2, 0.25) is 5.95 Å². The normalized spacial score (nSPS) is 13.9. The number of carbonyl (C=O) groups is 2. The van der Waals surface area contributed by atoms with Gasteiger partial charge in [-0.2, -0.15) is 0 Å². The minimum atomic E-state index is -0.542. The molecule has 0 unspecified atom stereocenters. The minimum Gasteiger partial charge on any atom is -0.451 e. The van der Waals surface area contributed by atoms with Crippen LogP contribution in [0.1, 0.15) is 15.4 Å². The Kier molecular flexibility index (Phi) is 6.43. The number of benzene rings is 1. The molecular formula is C21H20ClN5O3S. The number of hydrogen-bond acceptors (Lipinski definition) is 8. The molecule has 3 aromatic rings. The van der Waals surface area contributed by atoms with E-state index in [0.717, 1.165) is 5.56 Å². The molecule has 0 N–H and O–H groups in total. The van der Waals surface area contributed by atoms with Crippen LogP contribution >= 0.6 is 22.9 Å². The topological polar surface area (TPSA) is 88.5 Å². The predicted octanol–water partition coefficient (Wildman–Crippen LogP) is 3.07. The van der Waals surface area contributed by atoms with Crippen LogP contribution in [0.3, 0.4) is 0 Å². The molecule has 1 aromatic carbocycles. The molecule has 31 heavy (non-hydrogen) atoms. The van der Waals surface area contributed by atoms with Crippen molar-refractivity contribution in [1.82, 2.24) is 19.9 Å². The Labute approximate surface area is 188 Å². The van der Waals surface area contributed by atoms with E-state index in [1.807, 2.05) is 17.0 Å². The summed E-state index contributed by atoms with van der Waals surface area (Å²) < 4.78 is 5.28. The van der Waals surface area contributed by atoms with Gasteiger partial charge in [0.15, 0.2) is 6.61 Å². The van der Waals surface area contributed by atoms with Crippen molar-refractivity contribution >= 4 is 40.8 Å². The number of carbonyl (C=O) groups excluding carboxylic acids is 2. The molecule has 160 valence electrons. The summed E-state index contributed by atoms with van der Waals surface area (Å²) >= 11 is 7.16. The quantitative estimate of drug-likeness (QED) is 0.544. The van der Waals surface area contributed by atoms with Crippen LogP contribution in [0.2, 0.25) is 5.02 Å². The predicted molar refractivity (Wildman–Crippen MR) is 118 cm³/mol. The van der Waals surface area contributed by atoms with Crippen LogP contribution in [-0.4, -0.2) is 64.5 Å². The first kappa shape index (κ1) is 21.2. The van der Waals surface area contributed by atoms with Gasteiger partial charge in [0, 0.05) is 49.2 Å². The number of esters is 1. The monoisotopic (exact) mass is 457 g/mol. The van der Waals surface area contributed by atoms with Gasteiger partial charge >= 0.3 is 5.97 Å². The number of amides is 1. The number of aryl methyl sites for hydroxylation is 1. The van der Waals surface area contributed by atoms with E-state index in [0.29, 0.717) is 52.7 Å². The highest BCUT2D eigenvalue weighted by Crippen LogP contribution is 2.29. The molecule has 1 aliphatic rings. The largest absolute Gasteiger partial charge is 0.451 e. The van der Waals surface area contributed by atoms with Crippen LogP contribution in [0, 0.1) is 6.92 Å². The molecule has 10 heteroatoms. The first-order valence-electron chi connectivity index (χ1n) is 9.71. The second kappa shape index (κ2) is 9.40. The first-order chi connectivity index (χ1) is 15.0. The van der Waals surface area contributed by atoms with Crippen molar-refractivity contribution in [3.63, 3.8) is 0 Å². The summed E-state index contributed by atoms with van der Waals surface area (Å²) in [6, 6.07) is 9.00. The Morgan fingerprint density at radius 2 is 1.77 bits per heavy atom. The van der Waals surface area contributed by atoms with Crippen LogP contribution in [0.25, 0.3) is 10.6 Å². The number of hydrogen-bond donors (Lipinski definition) is 0. The molecule has 2 aromatic heterocycles. The van der Waals surface area contributed by atoms with Crippen molar-refractivity contribution < 1.29 is 14.3 Å².